The Hall–Kier alpha value is -2.09. The molecule has 0 aromatic heterocycles. The molecule has 1 aliphatic rings. The Labute approximate surface area is 119 Å². The van der Waals surface area contributed by atoms with E-state index in [0.717, 1.165) is 0 Å². The highest BCUT2D eigenvalue weighted by Gasteiger charge is 2.47. The molecule has 0 saturated heterocycles. The Morgan fingerprint density at radius 3 is 2.43 bits per heavy atom. The minimum atomic E-state index is -4.42. The van der Waals surface area contributed by atoms with Crippen molar-refractivity contribution in [2.24, 2.45) is 10.8 Å². The van der Waals surface area contributed by atoms with Crippen LogP contribution in [0.5, 0.6) is 0 Å². The van der Waals surface area contributed by atoms with Crippen molar-refractivity contribution in [3.8, 4) is 0 Å². The fourth-order valence-corrected chi connectivity index (χ4v) is 1.90. The van der Waals surface area contributed by atoms with Crippen LogP contribution in [0.2, 0.25) is 0 Å². The van der Waals surface area contributed by atoms with Crippen molar-refractivity contribution in [3.05, 3.63) is 35.4 Å². The Morgan fingerprint density at radius 2 is 1.95 bits per heavy atom. The number of alkyl halides is 3. The second kappa shape index (κ2) is 6.13. The third-order valence-electron chi connectivity index (χ3n) is 3.01. The zero-order chi connectivity index (χ0) is 15.5. The number of benzene rings is 1. The summed E-state index contributed by atoms with van der Waals surface area (Å²) in [5, 5.41) is 6.05. The third kappa shape index (κ3) is 3.94. The maximum atomic E-state index is 12.9. The second-order valence-electron chi connectivity index (χ2n) is 4.60. The first-order valence-corrected chi connectivity index (χ1v) is 6.42. The van der Waals surface area contributed by atoms with Crippen molar-refractivity contribution >= 4 is 11.7 Å². The van der Waals surface area contributed by atoms with Gasteiger partial charge < -0.3 is 11.1 Å². The van der Waals surface area contributed by atoms with Gasteiger partial charge in [0.05, 0.1) is 0 Å². The van der Waals surface area contributed by atoms with Crippen molar-refractivity contribution in [3.63, 3.8) is 0 Å². The maximum absolute atomic E-state index is 12.9. The smallest absolute Gasteiger partial charge is 0.352 e. The van der Waals surface area contributed by atoms with Crippen molar-refractivity contribution in [2.45, 2.75) is 18.5 Å². The van der Waals surface area contributed by atoms with Crippen LogP contribution in [-0.2, 0) is 0 Å². The van der Waals surface area contributed by atoms with E-state index in [-0.39, 0.29) is 17.3 Å². The van der Waals surface area contributed by atoms with E-state index in [9.17, 15) is 18.0 Å². The molecule has 1 aromatic carbocycles. The third-order valence-corrected chi connectivity index (χ3v) is 3.01. The van der Waals surface area contributed by atoms with Gasteiger partial charge in [0, 0.05) is 12.1 Å². The van der Waals surface area contributed by atoms with Gasteiger partial charge >= 0.3 is 6.18 Å². The molecule has 5 nitrogen and oxygen atoms in total. The van der Waals surface area contributed by atoms with Gasteiger partial charge in [-0.25, -0.2) is 0 Å². The van der Waals surface area contributed by atoms with Crippen LogP contribution >= 0.6 is 0 Å². The van der Waals surface area contributed by atoms with Gasteiger partial charge in [0.1, 0.15) is 5.92 Å². The van der Waals surface area contributed by atoms with Crippen LogP contribution < -0.4 is 16.5 Å². The number of rotatable bonds is 6. The predicted molar refractivity (Wildman–Crippen MR) is 71.8 cm³/mol. The average Bonchev–Trinajstić information content (AvgIpc) is 3.23. The number of nitrogens with one attached hydrogen (secondary N) is 2. The largest absolute Gasteiger partial charge is 0.402 e. The lowest BCUT2D eigenvalue weighted by atomic mass is 9.97. The van der Waals surface area contributed by atoms with Crippen LogP contribution in [0.1, 0.15) is 28.3 Å². The summed E-state index contributed by atoms with van der Waals surface area (Å²) in [5.41, 5.74) is 7.90. The van der Waals surface area contributed by atoms with E-state index in [0.29, 0.717) is 25.1 Å². The molecular weight excluding hydrogens is 285 g/mol. The number of amides is 1. The molecule has 0 radical (unpaired) electrons. The molecule has 1 atom stereocenters. The van der Waals surface area contributed by atoms with Crippen LogP contribution in [0.4, 0.5) is 13.2 Å². The Bertz CT molecular complexity index is 539. The lowest BCUT2D eigenvalue weighted by Gasteiger charge is -2.16. The molecule has 114 valence electrons. The van der Waals surface area contributed by atoms with Gasteiger partial charge in [0.25, 0.3) is 5.91 Å². The Balaban J connectivity index is 2.07. The molecule has 2 rings (SSSR count). The summed E-state index contributed by atoms with van der Waals surface area (Å²) in [4.78, 5) is 11.7. The van der Waals surface area contributed by atoms with Crippen molar-refractivity contribution in [2.75, 3.05) is 13.1 Å². The molecule has 0 spiro atoms. The molecule has 21 heavy (non-hydrogen) atoms. The zero-order valence-electron chi connectivity index (χ0n) is 11.1. The highest BCUT2D eigenvalue weighted by atomic mass is 19.4. The normalized spacial score (nSPS) is 15.0. The Kier molecular flexibility index (Phi) is 4.46. The zero-order valence-corrected chi connectivity index (χ0v) is 11.1. The number of halogens is 3. The molecule has 1 amide bonds. The van der Waals surface area contributed by atoms with E-state index >= 15 is 0 Å². The topological polar surface area (TPSA) is 89.4 Å². The van der Waals surface area contributed by atoms with Gasteiger partial charge in [0.2, 0.25) is 0 Å². The maximum Gasteiger partial charge on any atom is 0.402 e. The van der Waals surface area contributed by atoms with Crippen LogP contribution in [-0.4, -0.2) is 31.0 Å². The fraction of sp³-hybridized carbons (Fsp3) is 0.385. The monoisotopic (exact) mass is 300 g/mol. The molecular formula is C13H15F3N4O. The molecule has 8 heteroatoms. The second-order valence-corrected chi connectivity index (χ2v) is 4.60. The van der Waals surface area contributed by atoms with E-state index in [1.54, 1.807) is 0 Å². The molecule has 1 heterocycles. The lowest BCUT2D eigenvalue weighted by molar-refractivity contribution is -0.134. The minimum absolute atomic E-state index is 0.0461. The molecule has 1 unspecified atom stereocenters. The summed E-state index contributed by atoms with van der Waals surface area (Å²) in [6.45, 7) is 0.893. The van der Waals surface area contributed by atoms with E-state index in [4.69, 9.17) is 5.73 Å². The first kappa shape index (κ1) is 15.3. The number of hydrazone groups is 1. The van der Waals surface area contributed by atoms with Gasteiger partial charge in [-0.15, -0.1) is 0 Å². The van der Waals surface area contributed by atoms with Gasteiger partial charge in [-0.1, -0.05) is 12.1 Å². The molecule has 1 aromatic rings. The van der Waals surface area contributed by atoms with E-state index in [1.165, 1.54) is 24.3 Å². The summed E-state index contributed by atoms with van der Waals surface area (Å²) in [7, 11) is 0. The molecule has 4 N–H and O–H groups in total. The minimum Gasteiger partial charge on any atom is -0.352 e. The van der Waals surface area contributed by atoms with Crippen LogP contribution in [0.25, 0.3) is 0 Å². The summed E-state index contributed by atoms with van der Waals surface area (Å²) in [6, 6.07) is 5.32. The molecule has 0 aliphatic carbocycles. The molecule has 1 aliphatic heterocycles. The predicted octanol–water partition coefficient (Wildman–Crippen LogP) is 1.33. The van der Waals surface area contributed by atoms with E-state index < -0.39 is 12.1 Å². The van der Waals surface area contributed by atoms with Crippen molar-refractivity contribution in [1.82, 2.24) is 10.7 Å². The fourth-order valence-electron chi connectivity index (χ4n) is 1.90. The number of hydrogen-bond acceptors (Lipinski definition) is 4. The average molecular weight is 300 g/mol. The SMILES string of the molecule is NCCCNC(=O)c1ccc(C(C2=NN2)C(F)(F)F)cc1. The lowest BCUT2D eigenvalue weighted by Crippen LogP contribution is -2.27. The number of nitrogens with two attached hydrogens (primary N) is 1. The number of amidine groups is 1. The van der Waals surface area contributed by atoms with Crippen LogP contribution in [0, 0.1) is 0 Å². The van der Waals surface area contributed by atoms with Crippen LogP contribution in [0.3, 0.4) is 0 Å². The van der Waals surface area contributed by atoms with Gasteiger partial charge in [-0.2, -0.15) is 18.3 Å². The molecule has 0 fully saturated rings. The summed E-state index contributed by atoms with van der Waals surface area (Å²) < 4.78 is 38.8. The highest BCUT2D eigenvalue weighted by molar-refractivity contribution is 5.98. The summed E-state index contributed by atoms with van der Waals surface area (Å²) >= 11 is 0. The number of hydrogen-bond donors (Lipinski definition) is 3. The number of nitrogens with zero attached hydrogens (tertiary/aromatic N) is 1. The van der Waals surface area contributed by atoms with Crippen molar-refractivity contribution < 1.29 is 18.0 Å². The van der Waals surface area contributed by atoms with Crippen molar-refractivity contribution in [1.29, 1.82) is 0 Å². The molecule has 0 bridgehead atoms. The van der Waals surface area contributed by atoms with Gasteiger partial charge in [0.15, 0.2) is 5.84 Å². The highest BCUT2D eigenvalue weighted by Crippen LogP contribution is 2.37. The number of carbonyl (C=O) groups is 1. The quantitative estimate of drug-likeness (QED) is 0.692. The summed E-state index contributed by atoms with van der Waals surface area (Å²) in [5.74, 6) is -2.21. The first-order valence-electron chi connectivity index (χ1n) is 6.42. The van der Waals surface area contributed by atoms with E-state index in [1.807, 2.05) is 0 Å². The first-order chi connectivity index (χ1) is 9.93. The standard InChI is InChI=1S/C13H15F3N4O/c14-13(15,16)10(11-19-20-11)8-2-4-9(5-3-8)12(21)18-7-1-6-17/h2-5,10H,1,6-7,17H2,(H,18,21)(H,19,20). The Morgan fingerprint density at radius 1 is 1.33 bits per heavy atom. The number of carbonyl (C=O) groups excluding carboxylic acids is 1. The molecule has 0 saturated carbocycles. The van der Waals surface area contributed by atoms with Crippen LogP contribution in [0.15, 0.2) is 29.4 Å². The van der Waals surface area contributed by atoms with Gasteiger partial charge in [-0.3, -0.25) is 10.2 Å². The summed E-state index contributed by atoms with van der Waals surface area (Å²) in [6.07, 6.45) is -3.78. The van der Waals surface area contributed by atoms with E-state index in [2.05, 4.69) is 15.8 Å². The van der Waals surface area contributed by atoms with Gasteiger partial charge in [-0.05, 0) is 30.7 Å².